The molecule has 1 aliphatic rings. The summed E-state index contributed by atoms with van der Waals surface area (Å²) in [6.07, 6.45) is 3.48. The molecular formula is C11H21N. The summed E-state index contributed by atoms with van der Waals surface area (Å²) in [5.41, 5.74) is 9.32. The SMILES string of the molecule is CCC1=C(C(C)C)CCC1(C)N. The van der Waals surface area contributed by atoms with Gasteiger partial charge in [0.1, 0.15) is 0 Å². The largest absolute Gasteiger partial charge is 0.322 e. The number of rotatable bonds is 2. The molecule has 70 valence electrons. The summed E-state index contributed by atoms with van der Waals surface area (Å²) in [6.45, 7) is 8.92. The highest BCUT2D eigenvalue weighted by Gasteiger charge is 2.32. The fourth-order valence-electron chi connectivity index (χ4n) is 2.33. The van der Waals surface area contributed by atoms with Crippen LogP contribution in [0.15, 0.2) is 11.1 Å². The van der Waals surface area contributed by atoms with Gasteiger partial charge in [0.05, 0.1) is 0 Å². The lowest BCUT2D eigenvalue weighted by Gasteiger charge is -2.22. The van der Waals surface area contributed by atoms with Gasteiger partial charge in [-0.3, -0.25) is 0 Å². The summed E-state index contributed by atoms with van der Waals surface area (Å²) in [5.74, 6) is 0.685. The smallest absolute Gasteiger partial charge is 0.0345 e. The van der Waals surface area contributed by atoms with Crippen LogP contribution in [0.2, 0.25) is 0 Å². The maximum absolute atomic E-state index is 6.20. The van der Waals surface area contributed by atoms with Crippen LogP contribution in [0.3, 0.4) is 0 Å². The minimum absolute atomic E-state index is 0.00560. The predicted molar refractivity (Wildman–Crippen MR) is 54.0 cm³/mol. The molecule has 1 nitrogen and oxygen atoms in total. The average molecular weight is 167 g/mol. The fraction of sp³-hybridized carbons (Fsp3) is 0.818. The van der Waals surface area contributed by atoms with Crippen LogP contribution in [0.25, 0.3) is 0 Å². The van der Waals surface area contributed by atoms with E-state index >= 15 is 0 Å². The Hall–Kier alpha value is -0.300. The lowest BCUT2D eigenvalue weighted by Crippen LogP contribution is -2.35. The van der Waals surface area contributed by atoms with E-state index in [2.05, 4.69) is 27.7 Å². The molecule has 2 N–H and O–H groups in total. The number of hydrogen-bond acceptors (Lipinski definition) is 1. The third kappa shape index (κ3) is 1.56. The lowest BCUT2D eigenvalue weighted by molar-refractivity contribution is 0.531. The van der Waals surface area contributed by atoms with Gasteiger partial charge in [0.15, 0.2) is 0 Å². The zero-order chi connectivity index (χ0) is 9.35. The molecule has 0 aromatic rings. The second kappa shape index (κ2) is 3.21. The van der Waals surface area contributed by atoms with Gasteiger partial charge in [-0.05, 0) is 32.1 Å². The highest BCUT2D eigenvalue weighted by molar-refractivity contribution is 5.31. The number of hydrogen-bond donors (Lipinski definition) is 1. The highest BCUT2D eigenvalue weighted by Crippen LogP contribution is 2.38. The molecule has 0 aromatic carbocycles. The summed E-state index contributed by atoms with van der Waals surface area (Å²) >= 11 is 0. The molecule has 0 heterocycles. The van der Waals surface area contributed by atoms with Gasteiger partial charge in [0.25, 0.3) is 0 Å². The Morgan fingerprint density at radius 3 is 2.42 bits per heavy atom. The van der Waals surface area contributed by atoms with Crippen LogP contribution in [0.1, 0.15) is 47.0 Å². The van der Waals surface area contributed by atoms with Gasteiger partial charge >= 0.3 is 0 Å². The molecule has 0 saturated heterocycles. The van der Waals surface area contributed by atoms with Crippen molar-refractivity contribution in [2.24, 2.45) is 11.7 Å². The van der Waals surface area contributed by atoms with Gasteiger partial charge in [-0.15, -0.1) is 0 Å². The first kappa shape index (κ1) is 9.79. The average Bonchev–Trinajstić information content (AvgIpc) is 2.24. The topological polar surface area (TPSA) is 26.0 Å². The summed E-state index contributed by atoms with van der Waals surface area (Å²) in [4.78, 5) is 0. The van der Waals surface area contributed by atoms with Crippen LogP contribution in [0, 0.1) is 5.92 Å². The first-order valence-electron chi connectivity index (χ1n) is 5.00. The van der Waals surface area contributed by atoms with Crippen molar-refractivity contribution in [2.45, 2.75) is 52.5 Å². The Morgan fingerprint density at radius 2 is 2.08 bits per heavy atom. The van der Waals surface area contributed by atoms with E-state index in [0.717, 1.165) is 12.8 Å². The van der Waals surface area contributed by atoms with Crippen molar-refractivity contribution in [3.8, 4) is 0 Å². The quantitative estimate of drug-likeness (QED) is 0.629. The summed E-state index contributed by atoms with van der Waals surface area (Å²) < 4.78 is 0. The minimum atomic E-state index is -0.00560. The van der Waals surface area contributed by atoms with Crippen molar-refractivity contribution in [1.29, 1.82) is 0 Å². The first-order chi connectivity index (χ1) is 5.49. The standard InChI is InChI=1S/C11H21N/c1-5-10-9(8(2)3)6-7-11(10,4)12/h8H,5-7,12H2,1-4H3. The molecule has 0 fully saturated rings. The van der Waals surface area contributed by atoms with E-state index < -0.39 is 0 Å². The van der Waals surface area contributed by atoms with E-state index in [1.54, 1.807) is 5.57 Å². The van der Waals surface area contributed by atoms with Crippen LogP contribution >= 0.6 is 0 Å². The van der Waals surface area contributed by atoms with Crippen molar-refractivity contribution in [1.82, 2.24) is 0 Å². The predicted octanol–water partition coefficient (Wildman–Crippen LogP) is 2.86. The van der Waals surface area contributed by atoms with Crippen molar-refractivity contribution in [3.05, 3.63) is 11.1 Å². The maximum Gasteiger partial charge on any atom is 0.0345 e. The summed E-state index contributed by atoms with van der Waals surface area (Å²) in [6, 6.07) is 0. The van der Waals surface area contributed by atoms with E-state index in [-0.39, 0.29) is 5.54 Å². The van der Waals surface area contributed by atoms with E-state index in [1.165, 1.54) is 12.0 Å². The van der Waals surface area contributed by atoms with Crippen molar-refractivity contribution >= 4 is 0 Å². The number of nitrogens with two attached hydrogens (primary N) is 1. The molecule has 0 amide bonds. The van der Waals surface area contributed by atoms with E-state index in [4.69, 9.17) is 5.73 Å². The highest BCUT2D eigenvalue weighted by atomic mass is 14.7. The second-order valence-electron chi connectivity index (χ2n) is 4.43. The van der Waals surface area contributed by atoms with Crippen LogP contribution in [0.5, 0.6) is 0 Å². The van der Waals surface area contributed by atoms with Crippen LogP contribution in [0.4, 0.5) is 0 Å². The molecule has 1 aliphatic carbocycles. The van der Waals surface area contributed by atoms with Crippen LogP contribution in [-0.2, 0) is 0 Å². The van der Waals surface area contributed by atoms with E-state index in [9.17, 15) is 0 Å². The Bertz CT molecular complexity index is 199. The Kier molecular flexibility index (Phi) is 2.62. The normalized spacial score (nSPS) is 30.5. The molecule has 1 atom stereocenters. The molecule has 1 rings (SSSR count). The van der Waals surface area contributed by atoms with E-state index in [1.807, 2.05) is 0 Å². The fourth-order valence-corrected chi connectivity index (χ4v) is 2.33. The molecule has 0 saturated carbocycles. The second-order valence-corrected chi connectivity index (χ2v) is 4.43. The summed E-state index contributed by atoms with van der Waals surface area (Å²) in [5, 5.41) is 0. The molecule has 0 aliphatic heterocycles. The van der Waals surface area contributed by atoms with Crippen molar-refractivity contribution in [2.75, 3.05) is 0 Å². The summed E-state index contributed by atoms with van der Waals surface area (Å²) in [7, 11) is 0. The molecule has 12 heavy (non-hydrogen) atoms. The zero-order valence-corrected chi connectivity index (χ0v) is 8.78. The molecule has 0 spiro atoms. The van der Waals surface area contributed by atoms with Gasteiger partial charge in [0, 0.05) is 5.54 Å². The monoisotopic (exact) mass is 167 g/mol. The maximum atomic E-state index is 6.20. The van der Waals surface area contributed by atoms with Crippen LogP contribution < -0.4 is 5.73 Å². The first-order valence-corrected chi connectivity index (χ1v) is 5.00. The van der Waals surface area contributed by atoms with E-state index in [0.29, 0.717) is 5.92 Å². The third-order valence-electron chi connectivity index (χ3n) is 3.04. The molecule has 0 radical (unpaired) electrons. The Balaban J connectivity index is 2.95. The Labute approximate surface area is 76.0 Å². The molecule has 1 heteroatoms. The Morgan fingerprint density at radius 1 is 1.50 bits per heavy atom. The zero-order valence-electron chi connectivity index (χ0n) is 8.78. The van der Waals surface area contributed by atoms with Gasteiger partial charge in [-0.1, -0.05) is 31.9 Å². The number of allylic oxidation sites excluding steroid dienone is 1. The lowest BCUT2D eigenvalue weighted by atomic mass is 9.90. The van der Waals surface area contributed by atoms with Crippen molar-refractivity contribution in [3.63, 3.8) is 0 Å². The molecular weight excluding hydrogens is 146 g/mol. The van der Waals surface area contributed by atoms with Gasteiger partial charge in [-0.25, -0.2) is 0 Å². The molecule has 0 aromatic heterocycles. The molecule has 0 bridgehead atoms. The van der Waals surface area contributed by atoms with Gasteiger partial charge in [-0.2, -0.15) is 0 Å². The third-order valence-corrected chi connectivity index (χ3v) is 3.04. The van der Waals surface area contributed by atoms with Gasteiger partial charge < -0.3 is 5.73 Å². The van der Waals surface area contributed by atoms with Crippen LogP contribution in [-0.4, -0.2) is 5.54 Å². The van der Waals surface area contributed by atoms with Crippen molar-refractivity contribution < 1.29 is 0 Å². The van der Waals surface area contributed by atoms with Gasteiger partial charge in [0.2, 0.25) is 0 Å². The minimum Gasteiger partial charge on any atom is -0.322 e. The molecule has 1 unspecified atom stereocenters.